The van der Waals surface area contributed by atoms with E-state index in [0.717, 1.165) is 24.4 Å². The lowest BCUT2D eigenvalue weighted by molar-refractivity contribution is 0.177. The van der Waals surface area contributed by atoms with Gasteiger partial charge < -0.3 is 10.5 Å². The van der Waals surface area contributed by atoms with Gasteiger partial charge in [0.2, 0.25) is 0 Å². The maximum absolute atomic E-state index is 6.13. The maximum Gasteiger partial charge on any atom is 0.116 e. The molecule has 0 amide bonds. The number of aryl methyl sites for hydroxylation is 1. The van der Waals surface area contributed by atoms with Gasteiger partial charge in [-0.05, 0) is 19.4 Å². The van der Waals surface area contributed by atoms with E-state index in [9.17, 15) is 0 Å². The number of hydrogen-bond donors (Lipinski definition) is 1. The number of aromatic nitrogens is 2. The van der Waals surface area contributed by atoms with Crippen molar-refractivity contribution in [3.8, 4) is 0 Å². The van der Waals surface area contributed by atoms with Crippen LogP contribution in [-0.4, -0.2) is 23.2 Å². The quantitative estimate of drug-likeness (QED) is 0.676. The molecular formula is C9H13N3O. The molecule has 0 radical (unpaired) electrons. The van der Waals surface area contributed by atoms with Gasteiger partial charge in [-0.1, -0.05) is 0 Å². The fraction of sp³-hybridized carbons (Fsp3) is 0.556. The minimum absolute atomic E-state index is 0.395. The van der Waals surface area contributed by atoms with Gasteiger partial charge >= 0.3 is 0 Å². The van der Waals surface area contributed by atoms with E-state index in [1.165, 1.54) is 0 Å². The van der Waals surface area contributed by atoms with Crippen LogP contribution in [0, 0.1) is 6.92 Å². The van der Waals surface area contributed by atoms with Gasteiger partial charge in [-0.3, -0.25) is 0 Å². The standard InChI is InChI=1S/C9H13N3O/c1-7-4-8(12-6-11-7)9(10)2-3-13-5-9/h4,6H,2-3,5,10H2,1H3. The van der Waals surface area contributed by atoms with E-state index >= 15 is 0 Å². The van der Waals surface area contributed by atoms with Gasteiger partial charge in [0, 0.05) is 12.3 Å². The molecular weight excluding hydrogens is 166 g/mol. The Morgan fingerprint density at radius 3 is 3.00 bits per heavy atom. The molecule has 2 rings (SSSR count). The normalized spacial score (nSPS) is 27.8. The second kappa shape index (κ2) is 3.05. The van der Waals surface area contributed by atoms with E-state index in [-0.39, 0.29) is 0 Å². The molecule has 0 bridgehead atoms. The van der Waals surface area contributed by atoms with Gasteiger partial charge in [0.25, 0.3) is 0 Å². The van der Waals surface area contributed by atoms with Crippen LogP contribution in [0.1, 0.15) is 17.8 Å². The van der Waals surface area contributed by atoms with Gasteiger partial charge in [-0.2, -0.15) is 0 Å². The molecule has 1 aliphatic heterocycles. The Hall–Kier alpha value is -1.00. The summed E-state index contributed by atoms with van der Waals surface area (Å²) < 4.78 is 5.27. The van der Waals surface area contributed by atoms with E-state index in [4.69, 9.17) is 10.5 Å². The van der Waals surface area contributed by atoms with Gasteiger partial charge in [0.1, 0.15) is 6.33 Å². The Labute approximate surface area is 77.1 Å². The zero-order chi connectivity index (χ0) is 9.31. The molecule has 1 saturated heterocycles. The summed E-state index contributed by atoms with van der Waals surface area (Å²) in [4.78, 5) is 8.21. The van der Waals surface area contributed by atoms with Gasteiger partial charge in [-0.15, -0.1) is 0 Å². The van der Waals surface area contributed by atoms with Crippen molar-refractivity contribution in [1.29, 1.82) is 0 Å². The molecule has 70 valence electrons. The topological polar surface area (TPSA) is 61.0 Å². The van der Waals surface area contributed by atoms with Gasteiger partial charge in [0.15, 0.2) is 0 Å². The lowest BCUT2D eigenvalue weighted by atomic mass is 9.95. The maximum atomic E-state index is 6.13. The van der Waals surface area contributed by atoms with Crippen LogP contribution in [0.3, 0.4) is 0 Å². The van der Waals surface area contributed by atoms with Crippen molar-refractivity contribution in [3.05, 3.63) is 23.8 Å². The number of ether oxygens (including phenoxy) is 1. The van der Waals surface area contributed by atoms with E-state index in [1.54, 1.807) is 6.33 Å². The predicted octanol–water partition coefficient (Wildman–Crippen LogP) is 0.359. The highest BCUT2D eigenvalue weighted by molar-refractivity contribution is 5.17. The first-order valence-corrected chi connectivity index (χ1v) is 4.36. The fourth-order valence-corrected chi connectivity index (χ4v) is 1.51. The average Bonchev–Trinajstić information content (AvgIpc) is 2.54. The second-order valence-corrected chi connectivity index (χ2v) is 3.50. The van der Waals surface area contributed by atoms with Crippen molar-refractivity contribution < 1.29 is 4.74 Å². The van der Waals surface area contributed by atoms with E-state index in [1.807, 2.05) is 13.0 Å². The largest absolute Gasteiger partial charge is 0.379 e. The summed E-state index contributed by atoms with van der Waals surface area (Å²) >= 11 is 0. The summed E-state index contributed by atoms with van der Waals surface area (Å²) in [5.74, 6) is 0. The average molecular weight is 179 g/mol. The van der Waals surface area contributed by atoms with Crippen LogP contribution in [0.25, 0.3) is 0 Å². The smallest absolute Gasteiger partial charge is 0.116 e. The van der Waals surface area contributed by atoms with Crippen molar-refractivity contribution in [3.63, 3.8) is 0 Å². The molecule has 4 heteroatoms. The third-order valence-corrected chi connectivity index (χ3v) is 2.37. The van der Waals surface area contributed by atoms with Crippen LogP contribution in [-0.2, 0) is 10.3 Å². The van der Waals surface area contributed by atoms with Crippen molar-refractivity contribution in [1.82, 2.24) is 9.97 Å². The van der Waals surface area contributed by atoms with Crippen molar-refractivity contribution >= 4 is 0 Å². The number of nitrogens with two attached hydrogens (primary N) is 1. The minimum Gasteiger partial charge on any atom is -0.379 e. The number of rotatable bonds is 1. The zero-order valence-corrected chi connectivity index (χ0v) is 7.66. The molecule has 1 aromatic heterocycles. The van der Waals surface area contributed by atoms with E-state index in [0.29, 0.717) is 6.61 Å². The molecule has 2 heterocycles. The van der Waals surface area contributed by atoms with Crippen LogP contribution in [0.2, 0.25) is 0 Å². The van der Waals surface area contributed by atoms with Crippen molar-refractivity contribution in [2.75, 3.05) is 13.2 Å². The van der Waals surface area contributed by atoms with Crippen LogP contribution >= 0.6 is 0 Å². The van der Waals surface area contributed by atoms with E-state index < -0.39 is 5.54 Å². The Bertz CT molecular complexity index is 307. The summed E-state index contributed by atoms with van der Waals surface area (Å²) in [5.41, 5.74) is 7.57. The Morgan fingerprint density at radius 2 is 2.38 bits per heavy atom. The molecule has 0 aliphatic carbocycles. The summed E-state index contributed by atoms with van der Waals surface area (Å²) in [6, 6.07) is 1.93. The molecule has 2 N–H and O–H groups in total. The molecule has 1 unspecified atom stereocenters. The zero-order valence-electron chi connectivity index (χ0n) is 7.66. The summed E-state index contributed by atoms with van der Waals surface area (Å²) in [6.07, 6.45) is 2.39. The monoisotopic (exact) mass is 179 g/mol. The van der Waals surface area contributed by atoms with E-state index in [2.05, 4.69) is 9.97 Å². The van der Waals surface area contributed by atoms with Crippen LogP contribution in [0.5, 0.6) is 0 Å². The SMILES string of the molecule is Cc1cc(C2(N)CCOC2)ncn1. The molecule has 1 fully saturated rings. The third kappa shape index (κ3) is 1.55. The molecule has 1 aliphatic rings. The summed E-state index contributed by atoms with van der Waals surface area (Å²) in [5, 5.41) is 0. The number of nitrogens with zero attached hydrogens (tertiary/aromatic N) is 2. The first-order chi connectivity index (χ1) is 6.21. The number of hydrogen-bond acceptors (Lipinski definition) is 4. The highest BCUT2D eigenvalue weighted by Gasteiger charge is 2.33. The first kappa shape index (κ1) is 8.59. The highest BCUT2D eigenvalue weighted by atomic mass is 16.5. The summed E-state index contributed by atoms with van der Waals surface area (Å²) in [7, 11) is 0. The van der Waals surface area contributed by atoms with Gasteiger partial charge in [-0.25, -0.2) is 9.97 Å². The Morgan fingerprint density at radius 1 is 1.54 bits per heavy atom. The van der Waals surface area contributed by atoms with Crippen LogP contribution < -0.4 is 5.73 Å². The van der Waals surface area contributed by atoms with Gasteiger partial charge in [0.05, 0.1) is 17.8 Å². The molecule has 13 heavy (non-hydrogen) atoms. The predicted molar refractivity (Wildman–Crippen MR) is 48.1 cm³/mol. The van der Waals surface area contributed by atoms with Crippen LogP contribution in [0.15, 0.2) is 12.4 Å². The lowest BCUT2D eigenvalue weighted by Gasteiger charge is -2.20. The van der Waals surface area contributed by atoms with Crippen molar-refractivity contribution in [2.24, 2.45) is 5.73 Å². The fourth-order valence-electron chi connectivity index (χ4n) is 1.51. The highest BCUT2D eigenvalue weighted by Crippen LogP contribution is 2.25. The van der Waals surface area contributed by atoms with Crippen molar-refractivity contribution in [2.45, 2.75) is 18.9 Å². The lowest BCUT2D eigenvalue weighted by Crippen LogP contribution is -2.38. The second-order valence-electron chi connectivity index (χ2n) is 3.50. The molecule has 0 spiro atoms. The first-order valence-electron chi connectivity index (χ1n) is 4.36. The molecule has 1 aromatic rings. The Balaban J connectivity index is 2.33. The molecule has 0 saturated carbocycles. The third-order valence-electron chi connectivity index (χ3n) is 2.37. The Kier molecular flexibility index (Phi) is 2.01. The minimum atomic E-state index is -0.395. The molecule has 0 aromatic carbocycles. The summed E-state index contributed by atoms with van der Waals surface area (Å²) in [6.45, 7) is 3.22. The van der Waals surface area contributed by atoms with Crippen LogP contribution in [0.4, 0.5) is 0 Å². The molecule has 1 atom stereocenters. The molecule has 4 nitrogen and oxygen atoms in total.